The maximum atomic E-state index is 11.2. The summed E-state index contributed by atoms with van der Waals surface area (Å²) in [5.74, 6) is 0.213. The van der Waals surface area contributed by atoms with Gasteiger partial charge >= 0.3 is 0 Å². The molecule has 0 radical (unpaired) electrons. The van der Waals surface area contributed by atoms with Crippen molar-refractivity contribution < 1.29 is 26.2 Å². The summed E-state index contributed by atoms with van der Waals surface area (Å²) in [6.45, 7) is 24.8. The zero-order valence-corrected chi connectivity index (χ0v) is 35.8. The zero-order valence-electron chi connectivity index (χ0n) is 33.5. The normalized spacial score (nSPS) is 12.6. The molecule has 7 rings (SSSR count). The maximum Gasteiger partial charge on any atom is 0.139 e. The van der Waals surface area contributed by atoms with Crippen molar-refractivity contribution in [2.24, 2.45) is 0 Å². The first-order chi connectivity index (χ1) is 24.8. The molecule has 54 heavy (non-hydrogen) atoms. The number of hydrogen-bond acceptors (Lipinski definition) is 3. The minimum absolute atomic E-state index is 0. The number of rotatable bonds is 5. The third kappa shape index (κ3) is 7.18. The Balaban J connectivity index is 0.00000497. The number of benzene rings is 4. The molecular weight excluding hydrogens is 842 g/mol. The second kappa shape index (κ2) is 14.0. The second-order valence-electron chi connectivity index (χ2n) is 18.2. The van der Waals surface area contributed by atoms with Crippen LogP contribution in [0, 0.1) is 6.07 Å². The Kier molecular flexibility index (Phi) is 10.1. The van der Waals surface area contributed by atoms with Crippen LogP contribution in [0.2, 0.25) is 0 Å². The van der Waals surface area contributed by atoms with Crippen LogP contribution in [-0.2, 0) is 42.7 Å². The fourth-order valence-corrected chi connectivity index (χ4v) is 7.26. The maximum absolute atomic E-state index is 11.2. The molecule has 4 nitrogen and oxygen atoms in total. The molecular formula is C49H52N3OPt-. The second-order valence-corrected chi connectivity index (χ2v) is 18.2. The van der Waals surface area contributed by atoms with Gasteiger partial charge in [0.2, 0.25) is 0 Å². The average molecular weight is 894 g/mol. The molecule has 0 fully saturated rings. The van der Waals surface area contributed by atoms with Crippen molar-refractivity contribution in [3.63, 3.8) is 0 Å². The van der Waals surface area contributed by atoms with Gasteiger partial charge in [-0.2, -0.15) is 0 Å². The predicted octanol–water partition coefficient (Wildman–Crippen LogP) is 12.6. The first kappa shape index (κ1) is 39.2. The summed E-state index contributed by atoms with van der Waals surface area (Å²) in [4.78, 5) is 10.6. The Morgan fingerprint density at radius 2 is 1.28 bits per heavy atom. The van der Waals surface area contributed by atoms with Gasteiger partial charge in [0.15, 0.2) is 0 Å². The van der Waals surface area contributed by atoms with Crippen molar-refractivity contribution in [1.82, 2.24) is 14.5 Å². The number of pyridine rings is 2. The van der Waals surface area contributed by atoms with Crippen LogP contribution in [0.4, 0.5) is 0 Å². The molecule has 0 saturated carbocycles. The molecule has 0 amide bonds. The summed E-state index contributed by atoms with van der Waals surface area (Å²) in [7, 11) is 0. The van der Waals surface area contributed by atoms with Crippen molar-refractivity contribution in [3.05, 3.63) is 143 Å². The molecule has 7 aromatic rings. The number of phenolic OH excluding ortho intramolecular Hbond substituents is 1. The van der Waals surface area contributed by atoms with E-state index in [-0.39, 0.29) is 43.1 Å². The topological polar surface area (TPSA) is 50.9 Å². The summed E-state index contributed by atoms with van der Waals surface area (Å²) < 4.78 is 2.12. The molecule has 0 aliphatic rings. The quantitative estimate of drug-likeness (QED) is 0.175. The van der Waals surface area contributed by atoms with Crippen LogP contribution in [0.25, 0.3) is 50.0 Å². The van der Waals surface area contributed by atoms with Crippen molar-refractivity contribution in [1.29, 1.82) is 0 Å². The van der Waals surface area contributed by atoms with Crippen LogP contribution in [-0.4, -0.2) is 19.6 Å². The van der Waals surface area contributed by atoms with Crippen molar-refractivity contribution >= 4 is 21.9 Å². The van der Waals surface area contributed by atoms with Crippen LogP contribution in [0.1, 0.15) is 104 Å². The van der Waals surface area contributed by atoms with Crippen molar-refractivity contribution in [2.45, 2.75) is 97.8 Å². The van der Waals surface area contributed by atoms with Gasteiger partial charge in [0.1, 0.15) is 11.4 Å². The van der Waals surface area contributed by atoms with Crippen molar-refractivity contribution in [3.8, 4) is 33.8 Å². The van der Waals surface area contributed by atoms with E-state index in [2.05, 4.69) is 160 Å². The van der Waals surface area contributed by atoms with Crippen LogP contribution >= 0.6 is 0 Å². The van der Waals surface area contributed by atoms with Gasteiger partial charge in [0.05, 0.1) is 11.2 Å². The third-order valence-corrected chi connectivity index (χ3v) is 10.7. The molecule has 0 spiro atoms. The van der Waals surface area contributed by atoms with E-state index in [9.17, 15) is 5.11 Å². The van der Waals surface area contributed by atoms with E-state index in [0.29, 0.717) is 5.69 Å². The van der Waals surface area contributed by atoms with E-state index in [1.54, 1.807) is 6.07 Å². The Labute approximate surface area is 336 Å². The molecule has 1 N–H and O–H groups in total. The van der Waals surface area contributed by atoms with Gasteiger partial charge in [-0.3, -0.25) is 14.5 Å². The minimum atomic E-state index is -0.457. The fourth-order valence-electron chi connectivity index (χ4n) is 7.26. The van der Waals surface area contributed by atoms with E-state index in [1.807, 2.05) is 30.5 Å². The van der Waals surface area contributed by atoms with Gasteiger partial charge in [-0.1, -0.05) is 136 Å². The molecule has 0 bridgehead atoms. The molecule has 5 heteroatoms. The molecule has 3 heterocycles. The summed E-state index contributed by atoms with van der Waals surface area (Å²) >= 11 is 0. The molecule has 0 unspecified atom stereocenters. The van der Waals surface area contributed by atoms with Gasteiger partial charge in [-0.15, -0.1) is 34.9 Å². The van der Waals surface area contributed by atoms with Gasteiger partial charge in [0, 0.05) is 49.1 Å². The van der Waals surface area contributed by atoms with E-state index < -0.39 is 5.41 Å². The molecule has 280 valence electrons. The van der Waals surface area contributed by atoms with Crippen LogP contribution in [0.15, 0.2) is 109 Å². The first-order valence-corrected chi connectivity index (χ1v) is 18.7. The average Bonchev–Trinajstić information content (AvgIpc) is 3.43. The van der Waals surface area contributed by atoms with Gasteiger partial charge in [0.25, 0.3) is 0 Å². The fraction of sp³-hybridized carbons (Fsp3) is 0.306. The summed E-state index contributed by atoms with van der Waals surface area (Å²) in [5.41, 5.74) is 11.5. The first-order valence-electron chi connectivity index (χ1n) is 18.7. The van der Waals surface area contributed by atoms with Crippen molar-refractivity contribution in [2.75, 3.05) is 0 Å². The molecule has 3 aromatic heterocycles. The summed E-state index contributed by atoms with van der Waals surface area (Å²) in [6, 6.07) is 39.9. The molecule has 0 aliphatic heterocycles. The zero-order chi connectivity index (χ0) is 38.1. The predicted molar refractivity (Wildman–Crippen MR) is 222 cm³/mol. The Morgan fingerprint density at radius 1 is 0.611 bits per heavy atom. The number of phenols is 1. The van der Waals surface area contributed by atoms with Crippen LogP contribution in [0.5, 0.6) is 5.75 Å². The smallest absolute Gasteiger partial charge is 0.139 e. The van der Waals surface area contributed by atoms with Gasteiger partial charge < -0.3 is 5.11 Å². The number of aromatic nitrogens is 3. The Morgan fingerprint density at radius 3 is 1.93 bits per heavy atom. The van der Waals surface area contributed by atoms with Crippen LogP contribution in [0.3, 0.4) is 0 Å². The number of nitrogens with zero attached hydrogens (tertiary/aromatic N) is 3. The molecule has 0 saturated heterocycles. The van der Waals surface area contributed by atoms with Crippen LogP contribution < -0.4 is 0 Å². The Bertz CT molecular complexity index is 2490. The Hall–Kier alpha value is -4.53. The van der Waals surface area contributed by atoms with Gasteiger partial charge in [-0.05, 0) is 75.0 Å². The number of aromatic hydroxyl groups is 1. The standard InChI is InChI=1S/C49H52N3O.Pt/c1-46(2,3)34-21-22-40-37(29-34)38-30-39(48(7,8)9)44(51-45(38)52(40)41-19-15-16-20-42(41)53)33-25-35(47(4,5)6)28-36(26-33)49(10,11)43-27-32(23-24-50-43)31-17-13-12-14-18-31;/h12-25,27-30,53H,1-11H3;/q-1;. The SMILES string of the molecule is CC(C)(C)c1cc(-c2nc3c(cc2C(C)(C)C)c2cc(C(C)(C)C)ccc2n3-c2ccccc2O)[c-]c(C(C)(C)c2cc(-c3ccccc3)ccn2)c1.[Pt]. The minimum Gasteiger partial charge on any atom is -0.506 e. The largest absolute Gasteiger partial charge is 0.506 e. The summed E-state index contributed by atoms with van der Waals surface area (Å²) in [6.07, 6.45) is 1.92. The number of para-hydroxylation sites is 2. The van der Waals surface area contributed by atoms with E-state index in [1.165, 1.54) is 16.7 Å². The monoisotopic (exact) mass is 893 g/mol. The van der Waals surface area contributed by atoms with E-state index in [0.717, 1.165) is 55.6 Å². The molecule has 0 aliphatic carbocycles. The number of hydrogen-bond donors (Lipinski definition) is 1. The van der Waals surface area contributed by atoms with E-state index >= 15 is 0 Å². The number of fused-ring (bicyclic) bond motifs is 3. The van der Waals surface area contributed by atoms with E-state index in [4.69, 9.17) is 9.97 Å². The van der Waals surface area contributed by atoms with Gasteiger partial charge in [-0.25, -0.2) is 0 Å². The third-order valence-electron chi connectivity index (χ3n) is 10.7. The molecule has 4 aromatic carbocycles. The summed E-state index contributed by atoms with van der Waals surface area (Å²) in [5, 5.41) is 13.4. The molecule has 0 atom stereocenters.